The Morgan fingerprint density at radius 3 is 2.36 bits per heavy atom. The van der Waals surface area contributed by atoms with Crippen LogP contribution in [0.2, 0.25) is 0 Å². The van der Waals surface area contributed by atoms with Crippen molar-refractivity contribution < 1.29 is 24.2 Å². The van der Waals surface area contributed by atoms with Crippen LogP contribution in [0.15, 0.2) is 24.3 Å². The van der Waals surface area contributed by atoms with Gasteiger partial charge in [0.25, 0.3) is 5.91 Å². The lowest BCUT2D eigenvalue weighted by Crippen LogP contribution is -2.27. The summed E-state index contributed by atoms with van der Waals surface area (Å²) in [5, 5.41) is 11.5. The second kappa shape index (κ2) is 6.46. The smallest absolute Gasteiger partial charge is 0.307 e. The Balaban J connectivity index is 1.83. The van der Waals surface area contributed by atoms with Gasteiger partial charge in [0, 0.05) is 19.8 Å². The van der Waals surface area contributed by atoms with Gasteiger partial charge in [-0.3, -0.25) is 14.4 Å². The molecule has 1 aliphatic rings. The number of anilines is 1. The van der Waals surface area contributed by atoms with Crippen molar-refractivity contribution in [3.05, 3.63) is 24.3 Å². The van der Waals surface area contributed by atoms with Gasteiger partial charge in [0.05, 0.1) is 11.8 Å². The molecule has 2 unspecified atom stereocenters. The highest BCUT2D eigenvalue weighted by atomic mass is 16.5. The number of benzene rings is 1. The Morgan fingerprint density at radius 1 is 1.23 bits per heavy atom. The third-order valence-corrected chi connectivity index (χ3v) is 3.43. The molecule has 2 rings (SSSR count). The molecule has 0 aromatic heterocycles. The Kier molecular flexibility index (Phi) is 4.65. The van der Waals surface area contributed by atoms with E-state index in [1.807, 2.05) is 0 Å². The van der Waals surface area contributed by atoms with Crippen LogP contribution in [-0.4, -0.2) is 48.5 Å². The number of carboxylic acids is 1. The van der Waals surface area contributed by atoms with Crippen LogP contribution in [0.4, 0.5) is 5.69 Å². The molecule has 7 nitrogen and oxygen atoms in total. The van der Waals surface area contributed by atoms with E-state index in [9.17, 15) is 14.4 Å². The zero-order valence-electron chi connectivity index (χ0n) is 12.4. The number of ether oxygens (including phenoxy) is 1. The molecule has 1 aliphatic carbocycles. The normalized spacial score (nSPS) is 19.2. The molecule has 2 N–H and O–H groups in total. The largest absolute Gasteiger partial charge is 0.484 e. The summed E-state index contributed by atoms with van der Waals surface area (Å²) >= 11 is 0. The van der Waals surface area contributed by atoms with E-state index in [1.54, 1.807) is 38.4 Å². The van der Waals surface area contributed by atoms with Crippen LogP contribution >= 0.6 is 0 Å². The number of hydrogen-bond acceptors (Lipinski definition) is 4. The van der Waals surface area contributed by atoms with E-state index in [1.165, 1.54) is 4.90 Å². The number of likely N-dealkylation sites (N-methyl/N-ethyl adjacent to an activating group) is 1. The van der Waals surface area contributed by atoms with E-state index in [0.717, 1.165) is 0 Å². The lowest BCUT2D eigenvalue weighted by Gasteiger charge is -2.11. The predicted molar refractivity (Wildman–Crippen MR) is 78.5 cm³/mol. The molecular weight excluding hydrogens is 288 g/mol. The highest BCUT2D eigenvalue weighted by Gasteiger charge is 2.48. The first-order valence-electron chi connectivity index (χ1n) is 6.85. The number of amides is 2. The summed E-state index contributed by atoms with van der Waals surface area (Å²) in [6, 6.07) is 6.57. The quantitative estimate of drug-likeness (QED) is 0.811. The fourth-order valence-corrected chi connectivity index (χ4v) is 1.90. The summed E-state index contributed by atoms with van der Waals surface area (Å²) < 4.78 is 5.32. The number of aliphatic carboxylic acids is 1. The Bertz CT molecular complexity index is 582. The molecule has 0 spiro atoms. The zero-order chi connectivity index (χ0) is 16.3. The molecule has 0 bridgehead atoms. The molecule has 1 aromatic carbocycles. The summed E-state index contributed by atoms with van der Waals surface area (Å²) in [4.78, 5) is 35.4. The zero-order valence-corrected chi connectivity index (χ0v) is 12.4. The van der Waals surface area contributed by atoms with Gasteiger partial charge in [-0.1, -0.05) is 0 Å². The van der Waals surface area contributed by atoms with Crippen molar-refractivity contribution in [1.82, 2.24) is 4.90 Å². The Labute approximate surface area is 127 Å². The monoisotopic (exact) mass is 306 g/mol. The van der Waals surface area contributed by atoms with Gasteiger partial charge >= 0.3 is 5.97 Å². The van der Waals surface area contributed by atoms with Crippen molar-refractivity contribution in [3.8, 4) is 5.75 Å². The van der Waals surface area contributed by atoms with Crippen molar-refractivity contribution in [1.29, 1.82) is 0 Å². The fraction of sp³-hybridized carbons (Fsp3) is 0.400. The van der Waals surface area contributed by atoms with Crippen LogP contribution in [0.5, 0.6) is 5.75 Å². The molecule has 2 amide bonds. The summed E-state index contributed by atoms with van der Waals surface area (Å²) in [5.74, 6) is -1.88. The first kappa shape index (κ1) is 15.8. The van der Waals surface area contributed by atoms with E-state index in [0.29, 0.717) is 17.9 Å². The summed E-state index contributed by atoms with van der Waals surface area (Å²) in [6.45, 7) is -0.0545. The van der Waals surface area contributed by atoms with Gasteiger partial charge in [-0.15, -0.1) is 0 Å². The highest BCUT2D eigenvalue weighted by molar-refractivity contribution is 5.98. The van der Waals surface area contributed by atoms with Crippen LogP contribution in [0, 0.1) is 11.8 Å². The van der Waals surface area contributed by atoms with Gasteiger partial charge in [0.2, 0.25) is 5.91 Å². The van der Waals surface area contributed by atoms with Crippen LogP contribution < -0.4 is 10.1 Å². The third-order valence-electron chi connectivity index (χ3n) is 3.43. The number of nitrogens with zero attached hydrogens (tertiary/aromatic N) is 1. The average Bonchev–Trinajstić information content (AvgIpc) is 3.26. The van der Waals surface area contributed by atoms with Crippen LogP contribution in [0.3, 0.4) is 0 Å². The maximum absolute atomic E-state index is 11.8. The topological polar surface area (TPSA) is 95.9 Å². The summed E-state index contributed by atoms with van der Waals surface area (Å²) in [6.07, 6.45) is 0.384. The van der Waals surface area contributed by atoms with Crippen molar-refractivity contribution in [3.63, 3.8) is 0 Å². The molecule has 2 atom stereocenters. The molecule has 0 radical (unpaired) electrons. The van der Waals surface area contributed by atoms with E-state index in [4.69, 9.17) is 9.84 Å². The first-order chi connectivity index (χ1) is 10.4. The molecule has 1 aromatic rings. The molecule has 1 fully saturated rings. The lowest BCUT2D eigenvalue weighted by molar-refractivity contribution is -0.139. The minimum atomic E-state index is -0.936. The van der Waals surface area contributed by atoms with Crippen molar-refractivity contribution in [2.75, 3.05) is 26.0 Å². The number of rotatable bonds is 6. The number of carbonyl (C=O) groups excluding carboxylic acids is 2. The molecule has 0 heterocycles. The van der Waals surface area contributed by atoms with E-state index < -0.39 is 17.8 Å². The minimum Gasteiger partial charge on any atom is -0.484 e. The van der Waals surface area contributed by atoms with Crippen LogP contribution in [0.1, 0.15) is 6.42 Å². The van der Waals surface area contributed by atoms with E-state index in [2.05, 4.69) is 5.32 Å². The number of carboxylic acid groups (broad SMARTS) is 1. The van der Waals surface area contributed by atoms with Gasteiger partial charge in [-0.05, 0) is 30.7 Å². The summed E-state index contributed by atoms with van der Waals surface area (Å²) in [5.41, 5.74) is 0.562. The van der Waals surface area contributed by atoms with Crippen LogP contribution in [-0.2, 0) is 14.4 Å². The predicted octanol–water partition coefficient (Wildman–Crippen LogP) is 0.813. The van der Waals surface area contributed by atoms with E-state index in [-0.39, 0.29) is 18.4 Å². The fourth-order valence-electron chi connectivity index (χ4n) is 1.90. The van der Waals surface area contributed by atoms with Gasteiger partial charge < -0.3 is 20.1 Å². The van der Waals surface area contributed by atoms with Crippen LogP contribution in [0.25, 0.3) is 0 Å². The minimum absolute atomic E-state index is 0.0545. The Hall–Kier alpha value is -2.57. The van der Waals surface area contributed by atoms with Gasteiger partial charge in [-0.25, -0.2) is 0 Å². The molecule has 22 heavy (non-hydrogen) atoms. The van der Waals surface area contributed by atoms with Gasteiger partial charge in [0.1, 0.15) is 5.75 Å². The SMILES string of the molecule is CN(C)C(=O)COc1ccc(NC(=O)C2CC2C(=O)O)cc1. The lowest BCUT2D eigenvalue weighted by atomic mass is 10.2. The van der Waals surface area contributed by atoms with Crippen molar-refractivity contribution in [2.45, 2.75) is 6.42 Å². The average molecular weight is 306 g/mol. The molecule has 1 saturated carbocycles. The number of nitrogens with one attached hydrogen (secondary N) is 1. The molecular formula is C15H18N2O5. The maximum Gasteiger partial charge on any atom is 0.307 e. The highest BCUT2D eigenvalue weighted by Crippen LogP contribution is 2.39. The summed E-state index contributed by atoms with van der Waals surface area (Å²) in [7, 11) is 3.29. The molecule has 118 valence electrons. The standard InChI is InChI=1S/C15H18N2O5/c1-17(2)13(18)8-22-10-5-3-9(4-6-10)16-14(19)11-7-12(11)15(20)21/h3-6,11-12H,7-8H2,1-2H3,(H,16,19)(H,20,21). The molecule has 7 heteroatoms. The third kappa shape index (κ3) is 3.97. The first-order valence-corrected chi connectivity index (χ1v) is 6.85. The van der Waals surface area contributed by atoms with Gasteiger partial charge in [-0.2, -0.15) is 0 Å². The Morgan fingerprint density at radius 2 is 1.86 bits per heavy atom. The molecule has 0 saturated heterocycles. The van der Waals surface area contributed by atoms with Gasteiger partial charge in [0.15, 0.2) is 6.61 Å². The second-order valence-corrected chi connectivity index (χ2v) is 5.38. The second-order valence-electron chi connectivity index (χ2n) is 5.38. The maximum atomic E-state index is 11.8. The number of hydrogen-bond donors (Lipinski definition) is 2. The van der Waals surface area contributed by atoms with Crippen molar-refractivity contribution >= 4 is 23.5 Å². The number of carbonyl (C=O) groups is 3. The molecule has 0 aliphatic heterocycles. The van der Waals surface area contributed by atoms with E-state index >= 15 is 0 Å². The van der Waals surface area contributed by atoms with Crippen molar-refractivity contribution in [2.24, 2.45) is 11.8 Å².